The Balaban J connectivity index is 2.24. The molecule has 21 heavy (non-hydrogen) atoms. The van der Waals surface area contributed by atoms with Gasteiger partial charge in [0.05, 0.1) is 11.6 Å². The number of halogens is 1. The number of aryl methyl sites for hydroxylation is 1. The molecule has 0 amide bonds. The molecule has 0 aliphatic carbocycles. The van der Waals surface area contributed by atoms with E-state index in [9.17, 15) is 0 Å². The van der Waals surface area contributed by atoms with Crippen molar-refractivity contribution in [3.8, 4) is 11.5 Å². The van der Waals surface area contributed by atoms with E-state index in [0.717, 1.165) is 11.1 Å². The van der Waals surface area contributed by atoms with Gasteiger partial charge in [0.25, 0.3) is 0 Å². The fourth-order valence-corrected chi connectivity index (χ4v) is 2.35. The van der Waals surface area contributed by atoms with Crippen LogP contribution in [0.4, 0.5) is 0 Å². The second-order valence-corrected chi connectivity index (χ2v) is 5.16. The molecule has 0 fully saturated rings. The zero-order chi connectivity index (χ0) is 15.2. The highest BCUT2D eigenvalue weighted by atomic mass is 35.5. The summed E-state index contributed by atoms with van der Waals surface area (Å²) in [5.74, 6) is 1.21. The van der Waals surface area contributed by atoms with Gasteiger partial charge < -0.3 is 15.2 Å². The second kappa shape index (κ2) is 7.34. The third-order valence-electron chi connectivity index (χ3n) is 3.24. The van der Waals surface area contributed by atoms with Crippen LogP contribution in [0.5, 0.6) is 11.5 Å². The van der Waals surface area contributed by atoms with Crippen molar-refractivity contribution < 1.29 is 9.47 Å². The average molecular weight is 306 g/mol. The summed E-state index contributed by atoms with van der Waals surface area (Å²) in [5, 5.41) is 0.523. The molecule has 4 heteroatoms. The monoisotopic (exact) mass is 305 g/mol. The molecule has 0 atom stereocenters. The zero-order valence-electron chi connectivity index (χ0n) is 12.4. The molecule has 2 aromatic rings. The lowest BCUT2D eigenvalue weighted by molar-refractivity contribution is 0.269. The molecule has 3 nitrogen and oxygen atoms in total. The number of nitrogens with two attached hydrogens (primary N) is 1. The van der Waals surface area contributed by atoms with Gasteiger partial charge in [0.2, 0.25) is 0 Å². The lowest BCUT2D eigenvalue weighted by atomic mass is 10.1. The van der Waals surface area contributed by atoms with Gasteiger partial charge in [0, 0.05) is 6.54 Å². The quantitative estimate of drug-likeness (QED) is 0.874. The molecule has 0 heterocycles. The first-order chi connectivity index (χ1) is 10.2. The first-order valence-corrected chi connectivity index (χ1v) is 7.36. The number of benzene rings is 2. The Hall–Kier alpha value is -1.71. The van der Waals surface area contributed by atoms with E-state index in [-0.39, 0.29) is 0 Å². The van der Waals surface area contributed by atoms with E-state index < -0.39 is 0 Å². The molecular formula is C17H20ClNO2. The SMILES string of the molecule is CCOc1cc(CN)cc(Cl)c1OCc1ccccc1C. The summed E-state index contributed by atoms with van der Waals surface area (Å²) >= 11 is 6.29. The molecule has 0 aromatic heterocycles. The van der Waals surface area contributed by atoms with Gasteiger partial charge in [-0.05, 0) is 42.7 Å². The van der Waals surface area contributed by atoms with E-state index in [0.29, 0.717) is 36.3 Å². The van der Waals surface area contributed by atoms with Crippen molar-refractivity contribution in [1.82, 2.24) is 0 Å². The maximum Gasteiger partial charge on any atom is 0.180 e. The van der Waals surface area contributed by atoms with Gasteiger partial charge in [0.15, 0.2) is 11.5 Å². The number of hydrogen-bond acceptors (Lipinski definition) is 3. The van der Waals surface area contributed by atoms with Crippen LogP contribution in [0.2, 0.25) is 5.02 Å². The van der Waals surface area contributed by atoms with Crippen LogP contribution in [0.25, 0.3) is 0 Å². The van der Waals surface area contributed by atoms with Crippen molar-refractivity contribution in [2.75, 3.05) is 6.61 Å². The predicted molar refractivity (Wildman–Crippen MR) is 86.0 cm³/mol. The Morgan fingerprint density at radius 1 is 1.14 bits per heavy atom. The highest BCUT2D eigenvalue weighted by Crippen LogP contribution is 2.37. The van der Waals surface area contributed by atoms with Crippen molar-refractivity contribution in [1.29, 1.82) is 0 Å². The molecule has 112 valence electrons. The van der Waals surface area contributed by atoms with E-state index in [1.165, 1.54) is 5.56 Å². The fourth-order valence-electron chi connectivity index (χ4n) is 2.06. The molecular weight excluding hydrogens is 286 g/mol. The topological polar surface area (TPSA) is 44.5 Å². The highest BCUT2D eigenvalue weighted by Gasteiger charge is 2.12. The van der Waals surface area contributed by atoms with Crippen LogP contribution in [0.1, 0.15) is 23.6 Å². The molecule has 0 unspecified atom stereocenters. The summed E-state index contributed by atoms with van der Waals surface area (Å²) in [7, 11) is 0. The first kappa shape index (κ1) is 15.7. The Bertz CT molecular complexity index is 614. The summed E-state index contributed by atoms with van der Waals surface area (Å²) in [6.45, 7) is 5.40. The largest absolute Gasteiger partial charge is 0.490 e. The van der Waals surface area contributed by atoms with E-state index in [1.54, 1.807) is 0 Å². The van der Waals surface area contributed by atoms with Gasteiger partial charge in [-0.25, -0.2) is 0 Å². The Morgan fingerprint density at radius 3 is 2.57 bits per heavy atom. The van der Waals surface area contributed by atoms with Crippen LogP contribution >= 0.6 is 11.6 Å². The van der Waals surface area contributed by atoms with Crippen LogP contribution in [0.3, 0.4) is 0 Å². The summed E-state index contributed by atoms with van der Waals surface area (Å²) in [6, 6.07) is 11.8. The molecule has 0 saturated carbocycles. The molecule has 2 rings (SSSR count). The van der Waals surface area contributed by atoms with Crippen LogP contribution < -0.4 is 15.2 Å². The smallest absolute Gasteiger partial charge is 0.180 e. The van der Waals surface area contributed by atoms with Gasteiger partial charge in [-0.15, -0.1) is 0 Å². The molecule has 0 aliphatic heterocycles. The maximum atomic E-state index is 6.29. The van der Waals surface area contributed by atoms with Crippen molar-refractivity contribution in [2.24, 2.45) is 5.73 Å². The lowest BCUT2D eigenvalue weighted by Gasteiger charge is -2.15. The Kier molecular flexibility index (Phi) is 5.48. The summed E-state index contributed by atoms with van der Waals surface area (Å²) in [6.07, 6.45) is 0. The third kappa shape index (κ3) is 3.90. The van der Waals surface area contributed by atoms with Gasteiger partial charge in [-0.3, -0.25) is 0 Å². The molecule has 0 saturated heterocycles. The van der Waals surface area contributed by atoms with Crippen molar-refractivity contribution in [3.05, 3.63) is 58.1 Å². The van der Waals surface area contributed by atoms with Crippen molar-refractivity contribution in [3.63, 3.8) is 0 Å². The van der Waals surface area contributed by atoms with E-state index in [2.05, 4.69) is 13.0 Å². The molecule has 0 bridgehead atoms. The van der Waals surface area contributed by atoms with Gasteiger partial charge in [0.1, 0.15) is 6.61 Å². The van der Waals surface area contributed by atoms with Gasteiger partial charge in [-0.1, -0.05) is 35.9 Å². The Morgan fingerprint density at radius 2 is 1.90 bits per heavy atom. The molecule has 2 aromatic carbocycles. The fraction of sp³-hybridized carbons (Fsp3) is 0.294. The Labute approximate surface area is 130 Å². The summed E-state index contributed by atoms with van der Waals surface area (Å²) in [5.41, 5.74) is 8.90. The normalized spacial score (nSPS) is 10.5. The minimum atomic E-state index is 0.415. The minimum absolute atomic E-state index is 0.415. The summed E-state index contributed by atoms with van der Waals surface area (Å²) in [4.78, 5) is 0. The van der Waals surface area contributed by atoms with Gasteiger partial charge >= 0.3 is 0 Å². The molecule has 0 aliphatic rings. The number of hydrogen-bond donors (Lipinski definition) is 1. The van der Waals surface area contributed by atoms with E-state index in [4.69, 9.17) is 26.8 Å². The zero-order valence-corrected chi connectivity index (χ0v) is 13.1. The maximum absolute atomic E-state index is 6.29. The van der Waals surface area contributed by atoms with Crippen LogP contribution in [0, 0.1) is 6.92 Å². The minimum Gasteiger partial charge on any atom is -0.490 e. The highest BCUT2D eigenvalue weighted by molar-refractivity contribution is 6.32. The van der Waals surface area contributed by atoms with Crippen molar-refractivity contribution >= 4 is 11.6 Å². The van der Waals surface area contributed by atoms with Crippen LogP contribution in [-0.2, 0) is 13.2 Å². The average Bonchev–Trinajstić information content (AvgIpc) is 2.48. The van der Waals surface area contributed by atoms with E-state index in [1.807, 2.05) is 37.3 Å². The number of ether oxygens (including phenoxy) is 2. The lowest BCUT2D eigenvalue weighted by Crippen LogP contribution is -2.04. The van der Waals surface area contributed by atoms with Gasteiger partial charge in [-0.2, -0.15) is 0 Å². The third-order valence-corrected chi connectivity index (χ3v) is 3.52. The molecule has 0 radical (unpaired) electrons. The first-order valence-electron chi connectivity index (χ1n) is 6.98. The van der Waals surface area contributed by atoms with Crippen LogP contribution in [0.15, 0.2) is 36.4 Å². The standard InChI is InChI=1S/C17H20ClNO2/c1-3-20-16-9-13(10-19)8-15(18)17(16)21-11-14-7-5-4-6-12(14)2/h4-9H,3,10-11,19H2,1-2H3. The predicted octanol–water partition coefficient (Wildman–Crippen LogP) is 4.08. The van der Waals surface area contributed by atoms with E-state index >= 15 is 0 Å². The summed E-state index contributed by atoms with van der Waals surface area (Å²) < 4.78 is 11.5. The molecule has 2 N–H and O–H groups in total. The molecule has 0 spiro atoms. The second-order valence-electron chi connectivity index (χ2n) is 4.76. The van der Waals surface area contributed by atoms with Crippen LogP contribution in [-0.4, -0.2) is 6.61 Å². The number of rotatable bonds is 6. The van der Waals surface area contributed by atoms with Crippen molar-refractivity contribution in [2.45, 2.75) is 27.0 Å².